The van der Waals surface area contributed by atoms with Crippen LogP contribution in [0, 0.1) is 0 Å². The highest BCUT2D eigenvalue weighted by molar-refractivity contribution is 6.34. The number of carbonyl (C=O) groups excluding carboxylic acids is 2. The normalized spacial score (nSPS) is 11.6. The molecule has 0 saturated carbocycles. The molecule has 0 unspecified atom stereocenters. The minimum Gasteiger partial charge on any atom is -0.492 e. The van der Waals surface area contributed by atoms with Gasteiger partial charge in [-0.3, -0.25) is 15.2 Å². The molecule has 1 aromatic carbocycles. The van der Waals surface area contributed by atoms with Gasteiger partial charge in [0, 0.05) is 11.0 Å². The molecule has 0 spiro atoms. The lowest BCUT2D eigenvalue weighted by Crippen LogP contribution is -2.17. The van der Waals surface area contributed by atoms with Gasteiger partial charge in [0.15, 0.2) is 11.5 Å². The van der Waals surface area contributed by atoms with Gasteiger partial charge in [0.1, 0.15) is 17.4 Å². The van der Waals surface area contributed by atoms with E-state index in [9.17, 15) is 9.59 Å². The van der Waals surface area contributed by atoms with Crippen LogP contribution in [-0.4, -0.2) is 51.7 Å². The molecule has 0 fully saturated rings. The Kier molecular flexibility index (Phi) is 15.0. The van der Waals surface area contributed by atoms with Crippen LogP contribution in [0.1, 0.15) is 124 Å². The third kappa shape index (κ3) is 11.9. The van der Waals surface area contributed by atoms with E-state index < -0.39 is 6.09 Å². The molecule has 3 rings (SSSR count). The molecule has 0 saturated heterocycles. The van der Waals surface area contributed by atoms with E-state index in [4.69, 9.17) is 25.8 Å². The lowest BCUT2D eigenvalue weighted by atomic mass is 9.92. The van der Waals surface area contributed by atoms with Crippen molar-refractivity contribution in [1.82, 2.24) is 19.8 Å². The van der Waals surface area contributed by atoms with Gasteiger partial charge in [0.25, 0.3) is 0 Å². The van der Waals surface area contributed by atoms with Gasteiger partial charge >= 0.3 is 12.1 Å². The second-order valence-electron chi connectivity index (χ2n) is 12.5. The molecule has 10 nitrogen and oxygen atoms in total. The summed E-state index contributed by atoms with van der Waals surface area (Å²) in [4.78, 5) is 29.3. The quantitative estimate of drug-likeness (QED) is 0.0928. The van der Waals surface area contributed by atoms with E-state index in [2.05, 4.69) is 48.2 Å². The van der Waals surface area contributed by atoms with E-state index in [1.807, 2.05) is 6.92 Å². The summed E-state index contributed by atoms with van der Waals surface area (Å²) in [6.07, 6.45) is 14.3. The fourth-order valence-electron chi connectivity index (χ4n) is 5.04. The highest BCUT2D eigenvalue weighted by Gasteiger charge is 2.24. The zero-order valence-electron chi connectivity index (χ0n) is 27.8. The van der Waals surface area contributed by atoms with Crippen LogP contribution in [0.2, 0.25) is 5.02 Å². The molecule has 0 aliphatic rings. The summed E-state index contributed by atoms with van der Waals surface area (Å²) in [5, 5.41) is 11.0. The number of halogens is 1. The van der Waals surface area contributed by atoms with Crippen molar-refractivity contribution in [3.63, 3.8) is 0 Å². The van der Waals surface area contributed by atoms with Gasteiger partial charge in [-0.15, -0.1) is 5.10 Å². The number of nitrogens with one attached hydrogen (secondary N) is 2. The summed E-state index contributed by atoms with van der Waals surface area (Å²) in [6, 6.07) is 5.25. The summed E-state index contributed by atoms with van der Waals surface area (Å²) >= 11 is 6.58. The number of nitrogens with zero attached hydrogens (tertiary/aromatic N) is 3. The Morgan fingerprint density at radius 1 is 0.911 bits per heavy atom. The molecule has 0 aliphatic heterocycles. The van der Waals surface area contributed by atoms with Crippen LogP contribution in [-0.2, 0) is 19.7 Å². The van der Waals surface area contributed by atoms with Crippen LogP contribution < -0.4 is 10.1 Å². The van der Waals surface area contributed by atoms with Crippen LogP contribution >= 0.6 is 11.6 Å². The van der Waals surface area contributed by atoms with E-state index in [0.717, 1.165) is 18.5 Å². The molecule has 2 aromatic heterocycles. The molecule has 11 heteroatoms. The van der Waals surface area contributed by atoms with Crippen molar-refractivity contribution in [2.24, 2.45) is 0 Å². The number of benzene rings is 1. The summed E-state index contributed by atoms with van der Waals surface area (Å²) < 4.78 is 17.8. The Labute approximate surface area is 272 Å². The minimum absolute atomic E-state index is 0.00794. The van der Waals surface area contributed by atoms with E-state index in [1.54, 1.807) is 22.8 Å². The molecule has 1 amide bonds. The topological polar surface area (TPSA) is 120 Å². The summed E-state index contributed by atoms with van der Waals surface area (Å²) in [5.41, 5.74) is 2.22. The van der Waals surface area contributed by atoms with Crippen LogP contribution in [0.3, 0.4) is 0 Å². The zero-order chi connectivity index (χ0) is 32.7. The van der Waals surface area contributed by atoms with Crippen LogP contribution in [0.4, 0.5) is 10.5 Å². The lowest BCUT2D eigenvalue weighted by Gasteiger charge is -2.16. The molecule has 0 aliphatic carbocycles. The van der Waals surface area contributed by atoms with Gasteiger partial charge in [-0.05, 0) is 31.5 Å². The van der Waals surface area contributed by atoms with Crippen molar-refractivity contribution >= 4 is 35.0 Å². The van der Waals surface area contributed by atoms with E-state index in [1.165, 1.54) is 64.2 Å². The number of hydrogen-bond donors (Lipinski definition) is 2. The number of ether oxygens (including phenoxy) is 3. The largest absolute Gasteiger partial charge is 0.492 e. The molecule has 2 N–H and O–H groups in total. The molecule has 45 heavy (non-hydrogen) atoms. The highest BCUT2D eigenvalue weighted by Crippen LogP contribution is 2.34. The van der Waals surface area contributed by atoms with Crippen LogP contribution in [0.15, 0.2) is 18.2 Å². The van der Waals surface area contributed by atoms with Crippen molar-refractivity contribution in [1.29, 1.82) is 0 Å². The van der Waals surface area contributed by atoms with E-state index in [-0.39, 0.29) is 24.4 Å². The Morgan fingerprint density at radius 3 is 2.16 bits per heavy atom. The van der Waals surface area contributed by atoms with Crippen molar-refractivity contribution in [3.05, 3.63) is 28.9 Å². The Bertz CT molecular complexity index is 1350. The van der Waals surface area contributed by atoms with Gasteiger partial charge < -0.3 is 14.2 Å². The summed E-state index contributed by atoms with van der Waals surface area (Å²) in [6.45, 7) is 11.0. The van der Waals surface area contributed by atoms with Crippen molar-refractivity contribution in [2.45, 2.75) is 124 Å². The van der Waals surface area contributed by atoms with Gasteiger partial charge in [-0.25, -0.2) is 9.78 Å². The van der Waals surface area contributed by atoms with Crippen LogP contribution in [0.25, 0.3) is 17.0 Å². The molecule has 0 atom stereocenters. The predicted molar refractivity (Wildman–Crippen MR) is 179 cm³/mol. The standard InChI is InChI=1S/C34H52ClN5O5/c1-6-8-9-10-11-12-13-14-15-16-17-18-22-44-28(41)21-23-45-33(42)36-26-24-25(19-20-27(26)43-7-2)31-37-32-29(35)30(34(3,4)5)38-40(32)39-31/h19-20,24,38H,6-18,21-23H2,1-5H3,(H,36,42). The number of unbranched alkanes of at least 4 members (excludes halogenated alkanes) is 11. The average molecular weight is 646 g/mol. The van der Waals surface area contributed by atoms with Gasteiger partial charge in [-0.1, -0.05) is 110 Å². The molecule has 0 bridgehead atoms. The van der Waals surface area contributed by atoms with Gasteiger partial charge in [0.05, 0.1) is 31.0 Å². The number of anilines is 1. The number of aromatic amines is 1. The lowest BCUT2D eigenvalue weighted by molar-refractivity contribution is -0.144. The Balaban J connectivity index is 1.38. The van der Waals surface area contributed by atoms with Crippen molar-refractivity contribution in [2.75, 3.05) is 25.1 Å². The number of hydrogen-bond acceptors (Lipinski definition) is 7. The van der Waals surface area contributed by atoms with Crippen molar-refractivity contribution < 1.29 is 23.8 Å². The van der Waals surface area contributed by atoms with E-state index in [0.29, 0.717) is 46.7 Å². The van der Waals surface area contributed by atoms with Gasteiger partial charge in [0.2, 0.25) is 0 Å². The maximum Gasteiger partial charge on any atom is 0.411 e. The second kappa shape index (κ2) is 18.6. The maximum absolute atomic E-state index is 12.6. The summed E-state index contributed by atoms with van der Waals surface area (Å²) in [5.74, 6) is 0.523. The number of esters is 1. The molecule has 2 heterocycles. The SMILES string of the molecule is CCCCCCCCCCCCCCOC(=O)CCOC(=O)Nc1cc(-c2nc3c(Cl)c(C(C)(C)C)[nH]n3n2)ccc1OCC. The first-order valence-electron chi connectivity index (χ1n) is 16.6. The number of amides is 1. The third-order valence-corrected chi connectivity index (χ3v) is 7.92. The smallest absolute Gasteiger partial charge is 0.411 e. The fraction of sp³-hybridized carbons (Fsp3) is 0.647. The third-order valence-electron chi connectivity index (χ3n) is 7.57. The minimum atomic E-state index is -0.704. The number of aromatic nitrogens is 4. The highest BCUT2D eigenvalue weighted by atomic mass is 35.5. The Morgan fingerprint density at radius 2 is 1.56 bits per heavy atom. The number of fused-ring (bicyclic) bond motifs is 1. The number of carbonyl (C=O) groups is 2. The van der Waals surface area contributed by atoms with Crippen molar-refractivity contribution in [3.8, 4) is 17.1 Å². The molecular weight excluding hydrogens is 594 g/mol. The monoisotopic (exact) mass is 645 g/mol. The molecule has 3 aromatic rings. The first kappa shape index (κ1) is 36.2. The van der Waals surface area contributed by atoms with Gasteiger partial charge in [-0.2, -0.15) is 4.63 Å². The molecule has 0 radical (unpaired) electrons. The molecule has 250 valence electrons. The number of H-pyrrole nitrogens is 1. The predicted octanol–water partition coefficient (Wildman–Crippen LogP) is 9.26. The first-order chi connectivity index (χ1) is 21.6. The van der Waals surface area contributed by atoms with Crippen LogP contribution in [0.5, 0.6) is 5.75 Å². The fourth-order valence-corrected chi connectivity index (χ4v) is 5.49. The van der Waals surface area contributed by atoms with E-state index >= 15 is 0 Å². The number of rotatable bonds is 20. The average Bonchev–Trinajstić information content (AvgIpc) is 3.56. The second-order valence-corrected chi connectivity index (χ2v) is 12.9. The zero-order valence-corrected chi connectivity index (χ0v) is 28.6. The molecular formula is C34H52ClN5O5. The summed E-state index contributed by atoms with van der Waals surface area (Å²) in [7, 11) is 0. The Hall–Kier alpha value is -3.27. The first-order valence-corrected chi connectivity index (χ1v) is 17.0. The maximum atomic E-state index is 12.6.